The molecule has 1 atom stereocenters. The Labute approximate surface area is 143 Å². The second-order valence-electron chi connectivity index (χ2n) is 5.66. The molecule has 2 aromatic heterocycles. The summed E-state index contributed by atoms with van der Waals surface area (Å²) in [4.78, 5) is 33.1. The Morgan fingerprint density at radius 3 is 3.00 bits per heavy atom. The van der Waals surface area contributed by atoms with Gasteiger partial charge in [0.25, 0.3) is 0 Å². The minimum atomic E-state index is -0.938. The van der Waals surface area contributed by atoms with Gasteiger partial charge in [0, 0.05) is 32.1 Å². The highest BCUT2D eigenvalue weighted by Gasteiger charge is 2.26. The van der Waals surface area contributed by atoms with Crippen LogP contribution in [0.2, 0.25) is 0 Å². The predicted molar refractivity (Wildman–Crippen MR) is 84.4 cm³/mol. The van der Waals surface area contributed by atoms with Gasteiger partial charge in [-0.2, -0.15) is 4.98 Å². The van der Waals surface area contributed by atoms with E-state index in [1.54, 1.807) is 23.2 Å². The molecule has 3 heterocycles. The van der Waals surface area contributed by atoms with Crippen molar-refractivity contribution in [3.63, 3.8) is 0 Å². The molecule has 1 fully saturated rings. The number of carboxylic acid groups (broad SMARTS) is 1. The summed E-state index contributed by atoms with van der Waals surface area (Å²) in [5, 5.41) is 12.7. The summed E-state index contributed by atoms with van der Waals surface area (Å²) in [6.45, 7) is 1.08. The summed E-state index contributed by atoms with van der Waals surface area (Å²) in [6, 6.07) is 5.40. The lowest BCUT2D eigenvalue weighted by molar-refractivity contribution is -0.147. The van der Waals surface area contributed by atoms with Gasteiger partial charge in [-0.1, -0.05) is 11.2 Å². The lowest BCUT2D eigenvalue weighted by Crippen LogP contribution is -2.46. The molecule has 2 aromatic rings. The SMILES string of the molecule is O=C(O)CC1CN(C(=O)CCc2nc(-c3ccccn3)no2)CCO1. The smallest absolute Gasteiger partial charge is 0.306 e. The van der Waals surface area contributed by atoms with Crippen LogP contribution in [0, 0.1) is 0 Å². The van der Waals surface area contributed by atoms with E-state index in [-0.39, 0.29) is 25.3 Å². The third kappa shape index (κ3) is 4.60. The molecule has 0 saturated carbocycles. The predicted octanol–water partition coefficient (Wildman–Crippen LogP) is 0.766. The van der Waals surface area contributed by atoms with Crippen molar-refractivity contribution in [2.45, 2.75) is 25.4 Å². The van der Waals surface area contributed by atoms with E-state index in [1.165, 1.54) is 0 Å². The van der Waals surface area contributed by atoms with Crippen LogP contribution in [0.15, 0.2) is 28.9 Å². The number of carbonyl (C=O) groups is 2. The molecule has 1 amide bonds. The molecule has 0 bridgehead atoms. The number of amides is 1. The molecule has 0 spiro atoms. The van der Waals surface area contributed by atoms with Gasteiger partial charge in [0.15, 0.2) is 0 Å². The Kier molecular flexibility index (Phi) is 5.34. The van der Waals surface area contributed by atoms with Crippen LogP contribution in [0.25, 0.3) is 11.5 Å². The van der Waals surface area contributed by atoms with Crippen LogP contribution in [0.1, 0.15) is 18.7 Å². The van der Waals surface area contributed by atoms with Crippen molar-refractivity contribution in [1.29, 1.82) is 0 Å². The first-order chi connectivity index (χ1) is 12.1. The highest BCUT2D eigenvalue weighted by atomic mass is 16.5. The first-order valence-corrected chi connectivity index (χ1v) is 7.97. The number of pyridine rings is 1. The van der Waals surface area contributed by atoms with E-state index in [4.69, 9.17) is 14.4 Å². The average Bonchev–Trinajstić information content (AvgIpc) is 3.09. The van der Waals surface area contributed by atoms with Crippen molar-refractivity contribution < 1.29 is 24.0 Å². The molecule has 0 radical (unpaired) electrons. The van der Waals surface area contributed by atoms with E-state index in [9.17, 15) is 9.59 Å². The molecule has 1 N–H and O–H groups in total. The van der Waals surface area contributed by atoms with Crippen molar-refractivity contribution in [2.75, 3.05) is 19.7 Å². The number of carbonyl (C=O) groups excluding carboxylic acids is 1. The Balaban J connectivity index is 1.52. The van der Waals surface area contributed by atoms with Crippen LogP contribution in [0.3, 0.4) is 0 Å². The highest BCUT2D eigenvalue weighted by Crippen LogP contribution is 2.14. The van der Waals surface area contributed by atoms with Crippen LogP contribution < -0.4 is 0 Å². The van der Waals surface area contributed by atoms with Gasteiger partial charge < -0.3 is 19.3 Å². The van der Waals surface area contributed by atoms with Gasteiger partial charge >= 0.3 is 5.97 Å². The van der Waals surface area contributed by atoms with Gasteiger partial charge in [-0.15, -0.1) is 0 Å². The van der Waals surface area contributed by atoms with Crippen molar-refractivity contribution in [3.05, 3.63) is 30.3 Å². The molecule has 1 saturated heterocycles. The van der Waals surface area contributed by atoms with E-state index in [0.29, 0.717) is 37.0 Å². The Hall–Kier alpha value is -2.81. The number of carboxylic acids is 1. The number of nitrogens with zero attached hydrogens (tertiary/aromatic N) is 4. The standard InChI is InChI=1S/C16H18N4O5/c21-14(20-7-8-24-11(10-20)9-15(22)23)5-4-13-18-16(19-25-13)12-3-1-2-6-17-12/h1-3,6,11H,4-5,7-10H2,(H,22,23). The number of aryl methyl sites for hydroxylation is 1. The van der Waals surface area contributed by atoms with Crippen LogP contribution in [0.4, 0.5) is 0 Å². The van der Waals surface area contributed by atoms with Gasteiger partial charge in [0.05, 0.1) is 19.1 Å². The zero-order valence-corrected chi connectivity index (χ0v) is 13.5. The number of morpholine rings is 1. The fourth-order valence-corrected chi connectivity index (χ4v) is 2.59. The van der Waals surface area contributed by atoms with Crippen LogP contribution in [-0.2, 0) is 20.7 Å². The van der Waals surface area contributed by atoms with Gasteiger partial charge in [0.1, 0.15) is 5.69 Å². The van der Waals surface area contributed by atoms with Crippen molar-refractivity contribution in [1.82, 2.24) is 20.0 Å². The van der Waals surface area contributed by atoms with Gasteiger partial charge in [-0.05, 0) is 12.1 Å². The summed E-state index contributed by atoms with van der Waals surface area (Å²) in [5.41, 5.74) is 0.605. The van der Waals surface area contributed by atoms with Crippen molar-refractivity contribution >= 4 is 11.9 Å². The summed E-state index contributed by atoms with van der Waals surface area (Å²) >= 11 is 0. The third-order valence-corrected chi connectivity index (χ3v) is 3.81. The third-order valence-electron chi connectivity index (χ3n) is 3.81. The lowest BCUT2D eigenvalue weighted by Gasteiger charge is -2.32. The second-order valence-corrected chi connectivity index (χ2v) is 5.66. The maximum absolute atomic E-state index is 12.3. The summed E-state index contributed by atoms with van der Waals surface area (Å²) in [6.07, 6.45) is 1.60. The molecule has 0 aromatic carbocycles. The van der Waals surface area contributed by atoms with Crippen molar-refractivity contribution in [3.8, 4) is 11.5 Å². The van der Waals surface area contributed by atoms with Crippen LogP contribution >= 0.6 is 0 Å². The molecular formula is C16H18N4O5. The molecule has 1 aliphatic heterocycles. The largest absolute Gasteiger partial charge is 0.481 e. The van der Waals surface area contributed by atoms with Gasteiger partial charge in [-0.25, -0.2) is 0 Å². The molecule has 25 heavy (non-hydrogen) atoms. The Morgan fingerprint density at radius 2 is 2.24 bits per heavy atom. The molecule has 3 rings (SSSR count). The fourth-order valence-electron chi connectivity index (χ4n) is 2.59. The second kappa shape index (κ2) is 7.84. The maximum atomic E-state index is 12.3. The monoisotopic (exact) mass is 346 g/mol. The minimum absolute atomic E-state index is 0.0868. The molecule has 132 valence electrons. The molecular weight excluding hydrogens is 328 g/mol. The van der Waals surface area contributed by atoms with Gasteiger partial charge in [0.2, 0.25) is 17.6 Å². The molecule has 0 aliphatic carbocycles. The summed E-state index contributed by atoms with van der Waals surface area (Å²) < 4.78 is 10.5. The van der Waals surface area contributed by atoms with E-state index < -0.39 is 12.1 Å². The maximum Gasteiger partial charge on any atom is 0.306 e. The lowest BCUT2D eigenvalue weighted by atomic mass is 10.2. The number of aromatic nitrogens is 3. The zero-order chi connectivity index (χ0) is 17.6. The zero-order valence-electron chi connectivity index (χ0n) is 13.5. The van der Waals surface area contributed by atoms with Crippen LogP contribution in [-0.4, -0.2) is 62.8 Å². The average molecular weight is 346 g/mol. The minimum Gasteiger partial charge on any atom is -0.481 e. The van der Waals surface area contributed by atoms with Crippen LogP contribution in [0.5, 0.6) is 0 Å². The molecule has 1 aliphatic rings. The van der Waals surface area contributed by atoms with Crippen molar-refractivity contribution in [2.24, 2.45) is 0 Å². The first-order valence-electron chi connectivity index (χ1n) is 7.97. The summed E-state index contributed by atoms with van der Waals surface area (Å²) in [5.74, 6) is -0.274. The number of ether oxygens (including phenoxy) is 1. The topological polar surface area (TPSA) is 119 Å². The number of rotatable bonds is 6. The Bertz CT molecular complexity index is 733. The van der Waals surface area contributed by atoms with E-state index in [2.05, 4.69) is 15.1 Å². The normalized spacial score (nSPS) is 17.4. The summed E-state index contributed by atoms with van der Waals surface area (Å²) in [7, 11) is 0. The quantitative estimate of drug-likeness (QED) is 0.814. The molecule has 1 unspecified atom stereocenters. The first kappa shape index (κ1) is 17.0. The fraction of sp³-hybridized carbons (Fsp3) is 0.438. The van der Waals surface area contributed by atoms with E-state index in [1.807, 2.05) is 6.07 Å². The van der Waals surface area contributed by atoms with E-state index in [0.717, 1.165) is 0 Å². The Morgan fingerprint density at radius 1 is 1.36 bits per heavy atom. The molecule has 9 nitrogen and oxygen atoms in total. The van der Waals surface area contributed by atoms with Gasteiger partial charge in [-0.3, -0.25) is 14.6 Å². The number of hydrogen-bond acceptors (Lipinski definition) is 7. The number of hydrogen-bond donors (Lipinski definition) is 1. The molecule has 9 heteroatoms. The van der Waals surface area contributed by atoms with E-state index >= 15 is 0 Å². The number of aliphatic carboxylic acids is 1. The highest BCUT2D eigenvalue weighted by molar-refractivity contribution is 5.76.